The average molecular weight is 453 g/mol. The van der Waals surface area contributed by atoms with Crippen molar-refractivity contribution in [3.05, 3.63) is 53.2 Å². The van der Waals surface area contributed by atoms with Gasteiger partial charge in [-0.25, -0.2) is 4.98 Å². The lowest BCUT2D eigenvalue weighted by atomic mass is 9.87. The topological polar surface area (TPSA) is 52.8 Å². The number of hydrogen-bond donors (Lipinski definition) is 0. The molecule has 0 N–H and O–H groups in total. The minimum absolute atomic E-state index is 0.0146. The fraction of sp³-hybridized carbons (Fsp3) is 0.630. The van der Waals surface area contributed by atoms with Crippen molar-refractivity contribution >= 4 is 5.91 Å². The zero-order valence-corrected chi connectivity index (χ0v) is 20.8. The SMILES string of the molecule is CN(C(=O)c1coc(CN2CCN(Cc3ccc(C(C)(C)C)cc3)CC2)n1)C1CCCCC1. The van der Waals surface area contributed by atoms with E-state index in [9.17, 15) is 4.79 Å². The molecule has 1 saturated heterocycles. The third kappa shape index (κ3) is 6.24. The number of rotatable bonds is 6. The molecule has 4 rings (SSSR count). The number of piperazine rings is 1. The van der Waals surface area contributed by atoms with E-state index < -0.39 is 0 Å². The Hall–Kier alpha value is -2.18. The van der Waals surface area contributed by atoms with Crippen LogP contribution in [0.25, 0.3) is 0 Å². The van der Waals surface area contributed by atoms with Crippen molar-refractivity contribution in [1.29, 1.82) is 0 Å². The Kier molecular flexibility index (Phi) is 7.55. The Morgan fingerprint density at radius 2 is 1.61 bits per heavy atom. The van der Waals surface area contributed by atoms with Gasteiger partial charge in [0.15, 0.2) is 5.69 Å². The molecule has 6 heteroatoms. The molecule has 1 aliphatic heterocycles. The molecule has 1 aromatic carbocycles. The fourth-order valence-corrected chi connectivity index (χ4v) is 4.96. The molecular formula is C27H40N4O2. The molecule has 33 heavy (non-hydrogen) atoms. The number of hydrogen-bond acceptors (Lipinski definition) is 5. The number of oxazole rings is 1. The molecule has 0 spiro atoms. The van der Waals surface area contributed by atoms with Gasteiger partial charge >= 0.3 is 0 Å². The summed E-state index contributed by atoms with van der Waals surface area (Å²) in [6, 6.07) is 9.40. The summed E-state index contributed by atoms with van der Waals surface area (Å²) in [7, 11) is 1.91. The normalized spacial score (nSPS) is 19.0. The minimum atomic E-state index is -0.0146. The maximum Gasteiger partial charge on any atom is 0.275 e. The number of benzene rings is 1. The molecule has 1 aliphatic carbocycles. The van der Waals surface area contributed by atoms with Gasteiger partial charge in [-0.05, 0) is 29.4 Å². The van der Waals surface area contributed by atoms with E-state index in [1.807, 2.05) is 11.9 Å². The highest BCUT2D eigenvalue weighted by atomic mass is 16.3. The Labute approximate surface area is 199 Å². The summed E-state index contributed by atoms with van der Waals surface area (Å²) in [6.45, 7) is 12.4. The van der Waals surface area contributed by atoms with Crippen LogP contribution in [-0.2, 0) is 18.5 Å². The van der Waals surface area contributed by atoms with Crippen LogP contribution in [0.4, 0.5) is 0 Å². The van der Waals surface area contributed by atoms with Crippen molar-refractivity contribution in [3.63, 3.8) is 0 Å². The lowest BCUT2D eigenvalue weighted by molar-refractivity contribution is 0.0690. The molecule has 2 heterocycles. The summed E-state index contributed by atoms with van der Waals surface area (Å²) in [4.78, 5) is 24.1. The lowest BCUT2D eigenvalue weighted by Crippen LogP contribution is -2.45. The van der Waals surface area contributed by atoms with E-state index in [0.717, 1.165) is 45.6 Å². The van der Waals surface area contributed by atoms with Gasteiger partial charge in [-0.15, -0.1) is 0 Å². The van der Waals surface area contributed by atoms with E-state index in [4.69, 9.17) is 4.42 Å². The van der Waals surface area contributed by atoms with E-state index in [1.165, 1.54) is 36.7 Å². The Bertz CT molecular complexity index is 901. The molecule has 0 unspecified atom stereocenters. The predicted octanol–water partition coefficient (Wildman–Crippen LogP) is 4.69. The third-order valence-corrected chi connectivity index (χ3v) is 7.26. The summed E-state index contributed by atoms with van der Waals surface area (Å²) in [6.07, 6.45) is 7.43. The summed E-state index contributed by atoms with van der Waals surface area (Å²) in [5, 5.41) is 0. The Balaban J connectivity index is 1.24. The molecule has 2 aliphatic rings. The van der Waals surface area contributed by atoms with E-state index in [-0.39, 0.29) is 11.3 Å². The van der Waals surface area contributed by atoms with E-state index in [1.54, 1.807) is 0 Å². The molecule has 1 saturated carbocycles. The summed E-state index contributed by atoms with van der Waals surface area (Å²) in [5.74, 6) is 0.626. The van der Waals surface area contributed by atoms with Gasteiger partial charge in [0.25, 0.3) is 5.91 Å². The van der Waals surface area contributed by atoms with Crippen LogP contribution >= 0.6 is 0 Å². The highest BCUT2D eigenvalue weighted by molar-refractivity contribution is 5.92. The molecule has 1 aromatic heterocycles. The second-order valence-electron chi connectivity index (χ2n) is 10.8. The molecule has 0 atom stereocenters. The number of carbonyl (C=O) groups is 1. The molecule has 2 aromatic rings. The summed E-state index contributed by atoms with van der Waals surface area (Å²) in [5.41, 5.74) is 3.38. The van der Waals surface area contributed by atoms with Gasteiger partial charge in [0.05, 0.1) is 6.54 Å². The van der Waals surface area contributed by atoms with Crippen molar-refractivity contribution in [3.8, 4) is 0 Å². The highest BCUT2D eigenvalue weighted by Crippen LogP contribution is 2.24. The van der Waals surface area contributed by atoms with E-state index in [0.29, 0.717) is 24.2 Å². The molecule has 6 nitrogen and oxygen atoms in total. The largest absolute Gasteiger partial charge is 0.447 e. The Morgan fingerprint density at radius 1 is 1.00 bits per heavy atom. The van der Waals surface area contributed by atoms with Crippen LogP contribution in [0.1, 0.15) is 80.4 Å². The quantitative estimate of drug-likeness (QED) is 0.636. The first-order chi connectivity index (χ1) is 15.8. The van der Waals surface area contributed by atoms with Gasteiger partial charge < -0.3 is 9.32 Å². The highest BCUT2D eigenvalue weighted by Gasteiger charge is 2.26. The molecule has 2 fully saturated rings. The van der Waals surface area contributed by atoms with Crippen molar-refractivity contribution in [2.45, 2.75) is 77.4 Å². The monoisotopic (exact) mass is 452 g/mol. The smallest absolute Gasteiger partial charge is 0.275 e. The average Bonchev–Trinajstić information content (AvgIpc) is 3.28. The maximum atomic E-state index is 12.8. The van der Waals surface area contributed by atoms with Crippen LogP contribution in [0.5, 0.6) is 0 Å². The van der Waals surface area contributed by atoms with Crippen LogP contribution in [0, 0.1) is 0 Å². The first kappa shape index (κ1) is 24.0. The van der Waals surface area contributed by atoms with Crippen LogP contribution in [-0.4, -0.2) is 64.9 Å². The van der Waals surface area contributed by atoms with Gasteiger partial charge in [0.2, 0.25) is 5.89 Å². The zero-order valence-electron chi connectivity index (χ0n) is 20.8. The number of carbonyl (C=O) groups excluding carboxylic acids is 1. The van der Waals surface area contributed by atoms with Crippen molar-refractivity contribution in [2.24, 2.45) is 0 Å². The Morgan fingerprint density at radius 3 is 2.21 bits per heavy atom. The summed E-state index contributed by atoms with van der Waals surface area (Å²) < 4.78 is 5.67. The minimum Gasteiger partial charge on any atom is -0.447 e. The van der Waals surface area contributed by atoms with Gasteiger partial charge in [-0.2, -0.15) is 0 Å². The maximum absolute atomic E-state index is 12.8. The van der Waals surface area contributed by atoms with Crippen LogP contribution in [0.15, 0.2) is 34.9 Å². The number of aromatic nitrogens is 1. The van der Waals surface area contributed by atoms with Crippen molar-refractivity contribution < 1.29 is 9.21 Å². The second kappa shape index (κ2) is 10.4. The first-order valence-corrected chi connectivity index (χ1v) is 12.6. The third-order valence-electron chi connectivity index (χ3n) is 7.26. The van der Waals surface area contributed by atoms with Gasteiger partial charge in [-0.1, -0.05) is 64.3 Å². The lowest BCUT2D eigenvalue weighted by Gasteiger charge is -2.34. The fourth-order valence-electron chi connectivity index (χ4n) is 4.96. The van der Waals surface area contributed by atoms with Crippen LogP contribution in [0.3, 0.4) is 0 Å². The second-order valence-corrected chi connectivity index (χ2v) is 10.8. The predicted molar refractivity (Wildman–Crippen MR) is 131 cm³/mol. The molecule has 180 valence electrons. The first-order valence-electron chi connectivity index (χ1n) is 12.6. The van der Waals surface area contributed by atoms with Crippen LogP contribution < -0.4 is 0 Å². The molecular weight excluding hydrogens is 412 g/mol. The van der Waals surface area contributed by atoms with Crippen LogP contribution in [0.2, 0.25) is 0 Å². The van der Waals surface area contributed by atoms with E-state index >= 15 is 0 Å². The number of amides is 1. The van der Waals surface area contributed by atoms with Gasteiger partial charge in [-0.3, -0.25) is 14.6 Å². The number of nitrogens with zero attached hydrogens (tertiary/aromatic N) is 4. The zero-order chi connectivity index (χ0) is 23.4. The van der Waals surface area contributed by atoms with Crippen molar-refractivity contribution in [1.82, 2.24) is 19.7 Å². The van der Waals surface area contributed by atoms with Gasteiger partial charge in [0.1, 0.15) is 6.26 Å². The van der Waals surface area contributed by atoms with E-state index in [2.05, 4.69) is 59.8 Å². The molecule has 0 bridgehead atoms. The molecule has 0 radical (unpaired) electrons. The van der Waals surface area contributed by atoms with Crippen molar-refractivity contribution in [2.75, 3.05) is 33.2 Å². The summed E-state index contributed by atoms with van der Waals surface area (Å²) >= 11 is 0. The standard InChI is InChI=1S/C27H40N4O2/c1-27(2,3)22-12-10-21(11-13-22)18-30-14-16-31(17-15-30)19-25-28-24(20-33-25)26(32)29(4)23-8-6-5-7-9-23/h10-13,20,23H,5-9,14-19H2,1-4H3. The van der Waals surface area contributed by atoms with Gasteiger partial charge in [0, 0.05) is 45.8 Å². The molecule has 1 amide bonds.